The van der Waals surface area contributed by atoms with Gasteiger partial charge < -0.3 is 15.3 Å². The van der Waals surface area contributed by atoms with Crippen molar-refractivity contribution in [3.05, 3.63) is 59.3 Å². The van der Waals surface area contributed by atoms with Gasteiger partial charge in [-0.1, -0.05) is 30.3 Å². The molecule has 1 aromatic heterocycles. The number of nitrogens with one attached hydrogen (secondary N) is 1. The molecule has 0 saturated carbocycles. The number of rotatable bonds is 2. The van der Waals surface area contributed by atoms with Crippen molar-refractivity contribution in [1.82, 2.24) is 15.2 Å². The first kappa shape index (κ1) is 18.1. The summed E-state index contributed by atoms with van der Waals surface area (Å²) >= 11 is 0. The third-order valence-corrected chi connectivity index (χ3v) is 7.17. The lowest BCUT2D eigenvalue weighted by molar-refractivity contribution is -0.00364. The second-order valence-corrected chi connectivity index (χ2v) is 8.55. The molecule has 2 aliphatic heterocycles. The van der Waals surface area contributed by atoms with E-state index in [1.807, 2.05) is 12.3 Å². The first-order chi connectivity index (χ1) is 13.7. The van der Waals surface area contributed by atoms with E-state index in [9.17, 15) is 5.11 Å². The smallest absolute Gasteiger partial charge is 0.131 e. The second kappa shape index (κ2) is 7.14. The number of fused-ring (bicyclic) bond motifs is 2. The van der Waals surface area contributed by atoms with Crippen LogP contribution in [0.4, 0.5) is 5.82 Å². The van der Waals surface area contributed by atoms with Crippen molar-refractivity contribution in [2.75, 3.05) is 44.2 Å². The summed E-state index contributed by atoms with van der Waals surface area (Å²) in [5, 5.41) is 15.0. The van der Waals surface area contributed by atoms with Gasteiger partial charge in [-0.05, 0) is 55.6 Å². The Morgan fingerprint density at radius 1 is 1.04 bits per heavy atom. The average molecular weight is 379 g/mol. The van der Waals surface area contributed by atoms with E-state index < -0.39 is 0 Å². The van der Waals surface area contributed by atoms with Gasteiger partial charge in [-0.3, -0.25) is 4.90 Å². The average Bonchev–Trinajstić information content (AvgIpc) is 2.98. The van der Waals surface area contributed by atoms with Crippen molar-refractivity contribution in [3.63, 3.8) is 0 Å². The molecule has 0 bridgehead atoms. The molecule has 1 aromatic carbocycles. The zero-order valence-electron chi connectivity index (χ0n) is 16.6. The van der Waals surface area contributed by atoms with Gasteiger partial charge in [0.05, 0.1) is 12.1 Å². The minimum atomic E-state index is -0.324. The van der Waals surface area contributed by atoms with E-state index >= 15 is 0 Å². The lowest BCUT2D eigenvalue weighted by Gasteiger charge is -2.43. The number of aliphatic hydroxyl groups excluding tert-OH is 1. The van der Waals surface area contributed by atoms with E-state index in [4.69, 9.17) is 0 Å². The van der Waals surface area contributed by atoms with Gasteiger partial charge in [-0.2, -0.15) is 0 Å². The largest absolute Gasteiger partial charge is 0.390 e. The number of pyridine rings is 1. The lowest BCUT2D eigenvalue weighted by atomic mass is 9.72. The maximum Gasteiger partial charge on any atom is 0.131 e. The van der Waals surface area contributed by atoms with Crippen LogP contribution in [-0.4, -0.2) is 60.4 Å². The maximum atomic E-state index is 11.6. The molecule has 3 aliphatic rings. The number of hydrogen-bond acceptors (Lipinski definition) is 5. The molecular weight excluding hydrogens is 348 g/mol. The summed E-state index contributed by atoms with van der Waals surface area (Å²) in [5.74, 6) is 1.10. The predicted molar refractivity (Wildman–Crippen MR) is 112 cm³/mol. The highest BCUT2D eigenvalue weighted by Gasteiger charge is 2.53. The predicted octanol–water partition coefficient (Wildman–Crippen LogP) is 2.25. The standard InChI is InChI=1S/C23H30N4O/c1-17-5-4-10-25-22(17)27-15-13-26(14-16-27)20-18-6-2-3-7-19(18)23(21(20)28)8-11-24-12-9-23/h2-7,10,20-21,24,28H,8-9,11-16H2,1H3/t20-,21+/m1/s1. The molecule has 1 aliphatic carbocycles. The van der Waals surface area contributed by atoms with Gasteiger partial charge in [-0.15, -0.1) is 0 Å². The molecule has 2 N–H and O–H groups in total. The molecule has 5 heteroatoms. The van der Waals surface area contributed by atoms with Crippen LogP contribution in [0.15, 0.2) is 42.6 Å². The van der Waals surface area contributed by atoms with Crippen LogP contribution in [-0.2, 0) is 5.41 Å². The number of hydrogen-bond donors (Lipinski definition) is 2. The summed E-state index contributed by atoms with van der Waals surface area (Å²) in [6, 6.07) is 13.0. The zero-order valence-corrected chi connectivity index (χ0v) is 16.6. The Bertz CT molecular complexity index is 840. The van der Waals surface area contributed by atoms with Crippen molar-refractivity contribution in [3.8, 4) is 0 Å². The summed E-state index contributed by atoms with van der Waals surface area (Å²) in [4.78, 5) is 9.49. The topological polar surface area (TPSA) is 51.6 Å². The molecule has 0 amide bonds. The van der Waals surface area contributed by atoms with Crippen LogP contribution < -0.4 is 10.2 Å². The Hall–Kier alpha value is -1.95. The number of piperazine rings is 1. The lowest BCUT2D eigenvalue weighted by Crippen LogP contribution is -2.53. The Morgan fingerprint density at radius 2 is 1.79 bits per heavy atom. The van der Waals surface area contributed by atoms with E-state index in [1.54, 1.807) is 0 Å². The van der Waals surface area contributed by atoms with Gasteiger partial charge in [0.25, 0.3) is 0 Å². The second-order valence-electron chi connectivity index (χ2n) is 8.55. The van der Waals surface area contributed by atoms with E-state index in [2.05, 4.69) is 57.4 Å². The number of anilines is 1. The molecule has 5 nitrogen and oxygen atoms in total. The summed E-state index contributed by atoms with van der Waals surface area (Å²) in [6.07, 6.45) is 3.60. The number of nitrogens with zero attached hydrogens (tertiary/aromatic N) is 3. The van der Waals surface area contributed by atoms with Crippen LogP contribution in [0, 0.1) is 6.92 Å². The van der Waals surface area contributed by atoms with E-state index in [0.717, 1.165) is 57.9 Å². The summed E-state index contributed by atoms with van der Waals surface area (Å²) in [7, 11) is 0. The molecule has 5 rings (SSSR count). The van der Waals surface area contributed by atoms with Crippen molar-refractivity contribution in [2.45, 2.75) is 37.3 Å². The first-order valence-electron chi connectivity index (χ1n) is 10.6. The van der Waals surface area contributed by atoms with Gasteiger partial charge in [0.1, 0.15) is 5.82 Å². The molecule has 2 fully saturated rings. The minimum Gasteiger partial charge on any atom is -0.390 e. The SMILES string of the molecule is Cc1cccnc1N1CCN([C@@H]2c3ccccc3C3(CCNCC3)[C@H]2O)CC1. The van der Waals surface area contributed by atoms with Crippen LogP contribution in [0.1, 0.15) is 35.6 Å². The van der Waals surface area contributed by atoms with Crippen molar-refractivity contribution < 1.29 is 5.11 Å². The zero-order chi connectivity index (χ0) is 19.1. The summed E-state index contributed by atoms with van der Waals surface area (Å²) in [5.41, 5.74) is 3.88. The number of aromatic nitrogens is 1. The molecule has 28 heavy (non-hydrogen) atoms. The Balaban J connectivity index is 1.39. The highest BCUT2D eigenvalue weighted by Crippen LogP contribution is 2.52. The fourth-order valence-electron chi connectivity index (χ4n) is 5.69. The van der Waals surface area contributed by atoms with Crippen LogP contribution in [0.2, 0.25) is 0 Å². The number of aliphatic hydroxyl groups is 1. The monoisotopic (exact) mass is 378 g/mol. The van der Waals surface area contributed by atoms with E-state index in [0.29, 0.717) is 0 Å². The molecule has 2 atom stereocenters. The van der Waals surface area contributed by atoms with Gasteiger partial charge in [0.15, 0.2) is 0 Å². The Morgan fingerprint density at radius 3 is 2.54 bits per heavy atom. The van der Waals surface area contributed by atoms with Crippen LogP contribution >= 0.6 is 0 Å². The summed E-state index contributed by atoms with van der Waals surface area (Å²) < 4.78 is 0. The third kappa shape index (κ3) is 2.76. The van der Waals surface area contributed by atoms with Crippen LogP contribution in [0.25, 0.3) is 0 Å². The number of piperidine rings is 1. The molecule has 3 heterocycles. The highest BCUT2D eigenvalue weighted by atomic mass is 16.3. The van der Waals surface area contributed by atoms with E-state index in [-0.39, 0.29) is 17.6 Å². The van der Waals surface area contributed by atoms with E-state index in [1.165, 1.54) is 16.7 Å². The Labute approximate surface area is 167 Å². The molecule has 148 valence electrons. The highest BCUT2D eigenvalue weighted by molar-refractivity contribution is 5.48. The normalized spacial score (nSPS) is 27.1. The van der Waals surface area contributed by atoms with Crippen molar-refractivity contribution in [1.29, 1.82) is 0 Å². The summed E-state index contributed by atoms with van der Waals surface area (Å²) in [6.45, 7) is 7.94. The fraction of sp³-hybridized carbons (Fsp3) is 0.522. The number of benzene rings is 1. The van der Waals surface area contributed by atoms with Crippen LogP contribution in [0.3, 0.4) is 0 Å². The molecular formula is C23H30N4O. The third-order valence-electron chi connectivity index (χ3n) is 7.17. The van der Waals surface area contributed by atoms with Crippen molar-refractivity contribution in [2.24, 2.45) is 0 Å². The molecule has 1 spiro atoms. The first-order valence-corrected chi connectivity index (χ1v) is 10.6. The van der Waals surface area contributed by atoms with Gasteiger partial charge in [-0.25, -0.2) is 4.98 Å². The molecule has 2 saturated heterocycles. The fourth-order valence-corrected chi connectivity index (χ4v) is 5.69. The molecule has 0 radical (unpaired) electrons. The minimum absolute atomic E-state index is 0.0821. The maximum absolute atomic E-state index is 11.6. The molecule has 0 unspecified atom stereocenters. The Kier molecular flexibility index (Phi) is 4.62. The van der Waals surface area contributed by atoms with Gasteiger partial charge in [0.2, 0.25) is 0 Å². The quantitative estimate of drug-likeness (QED) is 0.840. The van der Waals surface area contributed by atoms with Crippen LogP contribution in [0.5, 0.6) is 0 Å². The van der Waals surface area contributed by atoms with Gasteiger partial charge in [0, 0.05) is 37.8 Å². The molecule has 2 aromatic rings. The van der Waals surface area contributed by atoms with Crippen molar-refractivity contribution >= 4 is 5.82 Å². The number of aryl methyl sites for hydroxylation is 1. The van der Waals surface area contributed by atoms with Gasteiger partial charge >= 0.3 is 0 Å².